The van der Waals surface area contributed by atoms with E-state index in [2.05, 4.69) is 13.8 Å². The summed E-state index contributed by atoms with van der Waals surface area (Å²) in [5, 5.41) is 9.85. The molecule has 114 valence electrons. The van der Waals surface area contributed by atoms with Crippen LogP contribution in [0.4, 0.5) is 0 Å². The molecule has 0 unspecified atom stereocenters. The Balaban J connectivity index is 2.97. The molecule has 0 aliphatic rings. The number of phenols is 1. The summed E-state index contributed by atoms with van der Waals surface area (Å²) in [4.78, 5) is 0. The lowest BCUT2D eigenvalue weighted by Gasteiger charge is -2.28. The predicted octanol–water partition coefficient (Wildman–Crippen LogP) is 4.16. The first-order chi connectivity index (χ1) is 9.15. The molecule has 0 aliphatic carbocycles. The Labute approximate surface area is 121 Å². The van der Waals surface area contributed by atoms with E-state index in [0.717, 1.165) is 16.7 Å². The van der Waals surface area contributed by atoms with E-state index in [1.54, 1.807) is 0 Å². The van der Waals surface area contributed by atoms with Gasteiger partial charge in [0.25, 0.3) is 0 Å². The molecule has 0 saturated carbocycles. The molecule has 4 nitrogen and oxygen atoms in total. The first-order valence-electron chi connectivity index (χ1n) is 6.66. The van der Waals surface area contributed by atoms with Gasteiger partial charge in [-0.05, 0) is 42.4 Å². The van der Waals surface area contributed by atoms with Gasteiger partial charge in [0.1, 0.15) is 5.75 Å². The van der Waals surface area contributed by atoms with E-state index in [1.165, 1.54) is 14.2 Å². The Morgan fingerprint density at radius 1 is 1.15 bits per heavy atom. The first kappa shape index (κ1) is 17.2. The van der Waals surface area contributed by atoms with E-state index in [4.69, 9.17) is 9.05 Å². The Kier molecular flexibility index (Phi) is 5.42. The van der Waals surface area contributed by atoms with Gasteiger partial charge in [-0.3, -0.25) is 4.57 Å². The third-order valence-corrected chi connectivity index (χ3v) is 5.72. The van der Waals surface area contributed by atoms with Crippen LogP contribution in [-0.4, -0.2) is 25.5 Å². The standard InChI is InChI=1S/C15H25O4P/c1-11-9-13(10-12(2)14(11)16)15(3,4)7-8-20(17,18-5)19-6/h9-10,16H,7-8H2,1-6H3. The van der Waals surface area contributed by atoms with E-state index in [9.17, 15) is 9.67 Å². The molecule has 0 heterocycles. The summed E-state index contributed by atoms with van der Waals surface area (Å²) in [6, 6.07) is 3.96. The van der Waals surface area contributed by atoms with Crippen molar-refractivity contribution in [3.8, 4) is 5.75 Å². The summed E-state index contributed by atoms with van der Waals surface area (Å²) >= 11 is 0. The molecule has 5 heteroatoms. The van der Waals surface area contributed by atoms with E-state index >= 15 is 0 Å². The molecule has 0 spiro atoms. The van der Waals surface area contributed by atoms with Crippen molar-refractivity contribution in [2.45, 2.75) is 39.5 Å². The van der Waals surface area contributed by atoms with Gasteiger partial charge in [0.2, 0.25) is 0 Å². The summed E-state index contributed by atoms with van der Waals surface area (Å²) < 4.78 is 22.1. The van der Waals surface area contributed by atoms with Crippen LogP contribution in [0.1, 0.15) is 37.0 Å². The summed E-state index contributed by atoms with van der Waals surface area (Å²) in [7, 11) is -0.163. The van der Waals surface area contributed by atoms with Crippen LogP contribution in [0.5, 0.6) is 5.75 Å². The van der Waals surface area contributed by atoms with Crippen molar-refractivity contribution >= 4 is 7.60 Å². The first-order valence-corrected chi connectivity index (χ1v) is 8.39. The minimum absolute atomic E-state index is 0.171. The lowest BCUT2D eigenvalue weighted by Crippen LogP contribution is -2.19. The number of rotatable bonds is 6. The molecule has 0 fully saturated rings. The van der Waals surface area contributed by atoms with E-state index in [-0.39, 0.29) is 5.41 Å². The highest BCUT2D eigenvalue weighted by Crippen LogP contribution is 2.49. The zero-order valence-corrected chi connectivity index (χ0v) is 14.1. The highest BCUT2D eigenvalue weighted by molar-refractivity contribution is 7.53. The molecular formula is C15H25O4P. The molecule has 1 aromatic carbocycles. The average Bonchev–Trinajstić information content (AvgIpc) is 2.41. The normalized spacial score (nSPS) is 12.7. The Bertz CT molecular complexity index is 492. The van der Waals surface area contributed by atoms with Crippen LogP contribution >= 0.6 is 7.60 Å². The van der Waals surface area contributed by atoms with Crippen LogP contribution < -0.4 is 0 Å². The maximum Gasteiger partial charge on any atom is 0.330 e. The molecule has 0 radical (unpaired) electrons. The predicted molar refractivity (Wildman–Crippen MR) is 81.7 cm³/mol. The lowest BCUT2D eigenvalue weighted by molar-refractivity contribution is 0.272. The van der Waals surface area contributed by atoms with Crippen LogP contribution in [0.2, 0.25) is 0 Å². The van der Waals surface area contributed by atoms with Gasteiger partial charge in [0.15, 0.2) is 0 Å². The van der Waals surface area contributed by atoms with Crippen LogP contribution in [0.25, 0.3) is 0 Å². The number of aromatic hydroxyl groups is 1. The molecular weight excluding hydrogens is 275 g/mol. The number of hydrogen-bond acceptors (Lipinski definition) is 4. The number of aryl methyl sites for hydroxylation is 2. The van der Waals surface area contributed by atoms with Gasteiger partial charge >= 0.3 is 7.60 Å². The van der Waals surface area contributed by atoms with Crippen molar-refractivity contribution in [2.75, 3.05) is 20.4 Å². The smallest absolute Gasteiger partial charge is 0.330 e. The molecule has 0 bridgehead atoms. The topological polar surface area (TPSA) is 55.8 Å². The highest BCUT2D eigenvalue weighted by atomic mass is 31.2. The van der Waals surface area contributed by atoms with Crippen molar-refractivity contribution in [1.82, 2.24) is 0 Å². The Hall–Kier alpha value is -0.830. The zero-order valence-electron chi connectivity index (χ0n) is 13.2. The van der Waals surface area contributed by atoms with Gasteiger partial charge in [-0.15, -0.1) is 0 Å². The van der Waals surface area contributed by atoms with E-state index in [1.807, 2.05) is 26.0 Å². The fraction of sp³-hybridized carbons (Fsp3) is 0.600. The Morgan fingerprint density at radius 2 is 1.60 bits per heavy atom. The number of phenolic OH excluding ortho intramolecular Hbond substituents is 1. The molecule has 1 aromatic rings. The van der Waals surface area contributed by atoms with E-state index in [0.29, 0.717) is 18.3 Å². The highest BCUT2D eigenvalue weighted by Gasteiger charge is 2.28. The largest absolute Gasteiger partial charge is 0.507 e. The third-order valence-electron chi connectivity index (χ3n) is 3.84. The molecule has 0 atom stereocenters. The average molecular weight is 300 g/mol. The van der Waals surface area contributed by atoms with Crippen molar-refractivity contribution < 1.29 is 18.7 Å². The monoisotopic (exact) mass is 300 g/mol. The van der Waals surface area contributed by atoms with Gasteiger partial charge in [0.05, 0.1) is 6.16 Å². The van der Waals surface area contributed by atoms with Crippen molar-refractivity contribution in [3.63, 3.8) is 0 Å². The zero-order chi connectivity index (χ0) is 15.6. The second-order valence-electron chi connectivity index (χ2n) is 5.79. The van der Waals surface area contributed by atoms with Gasteiger partial charge < -0.3 is 14.2 Å². The number of benzene rings is 1. The quantitative estimate of drug-likeness (QED) is 0.801. The van der Waals surface area contributed by atoms with E-state index < -0.39 is 7.60 Å². The minimum atomic E-state index is -2.98. The summed E-state index contributed by atoms with van der Waals surface area (Å²) in [5.41, 5.74) is 2.66. The van der Waals surface area contributed by atoms with Gasteiger partial charge in [-0.1, -0.05) is 26.0 Å². The minimum Gasteiger partial charge on any atom is -0.507 e. The van der Waals surface area contributed by atoms with Crippen molar-refractivity contribution in [3.05, 3.63) is 28.8 Å². The van der Waals surface area contributed by atoms with Gasteiger partial charge in [-0.25, -0.2) is 0 Å². The maximum absolute atomic E-state index is 12.1. The van der Waals surface area contributed by atoms with Crippen LogP contribution in [0, 0.1) is 13.8 Å². The molecule has 1 N–H and O–H groups in total. The molecule has 0 aliphatic heterocycles. The number of hydrogen-bond donors (Lipinski definition) is 1. The fourth-order valence-electron chi connectivity index (χ4n) is 2.16. The third kappa shape index (κ3) is 3.85. The summed E-state index contributed by atoms with van der Waals surface area (Å²) in [5.74, 6) is 0.337. The Morgan fingerprint density at radius 3 is 2.00 bits per heavy atom. The SMILES string of the molecule is COP(=O)(CCC(C)(C)c1cc(C)c(O)c(C)c1)OC. The fourth-order valence-corrected chi connectivity index (χ4v) is 3.51. The van der Waals surface area contributed by atoms with Crippen LogP contribution in [0.15, 0.2) is 12.1 Å². The second-order valence-corrected chi connectivity index (χ2v) is 8.19. The lowest BCUT2D eigenvalue weighted by atomic mass is 9.81. The second kappa shape index (κ2) is 6.30. The molecule has 0 amide bonds. The van der Waals surface area contributed by atoms with Crippen LogP contribution in [0.3, 0.4) is 0 Å². The molecule has 20 heavy (non-hydrogen) atoms. The van der Waals surface area contributed by atoms with Crippen molar-refractivity contribution in [1.29, 1.82) is 0 Å². The molecule has 1 rings (SSSR count). The summed E-state index contributed by atoms with van der Waals surface area (Å²) in [6.07, 6.45) is 1.04. The summed E-state index contributed by atoms with van der Waals surface area (Å²) in [6.45, 7) is 7.95. The van der Waals surface area contributed by atoms with Gasteiger partial charge in [0, 0.05) is 14.2 Å². The molecule has 0 aromatic heterocycles. The maximum atomic E-state index is 12.1. The van der Waals surface area contributed by atoms with Gasteiger partial charge in [-0.2, -0.15) is 0 Å². The van der Waals surface area contributed by atoms with Crippen LogP contribution in [-0.2, 0) is 19.0 Å². The van der Waals surface area contributed by atoms with Crippen molar-refractivity contribution in [2.24, 2.45) is 0 Å². The molecule has 0 saturated heterocycles.